The molecule has 0 radical (unpaired) electrons. The number of aryl methyl sites for hydroxylation is 2. The lowest BCUT2D eigenvalue weighted by Crippen LogP contribution is -2.32. The highest BCUT2D eigenvalue weighted by Crippen LogP contribution is 2.27. The van der Waals surface area contributed by atoms with Gasteiger partial charge in [-0.1, -0.05) is 13.0 Å². The number of carbonyl (C=O) groups is 1. The summed E-state index contributed by atoms with van der Waals surface area (Å²) in [6.07, 6.45) is 0.894. The van der Waals surface area contributed by atoms with Gasteiger partial charge in [0.05, 0.1) is 6.61 Å². The van der Waals surface area contributed by atoms with Gasteiger partial charge in [0, 0.05) is 17.2 Å². The minimum Gasteiger partial charge on any atom is -0.493 e. The van der Waals surface area contributed by atoms with Crippen LogP contribution in [0.4, 0.5) is 0 Å². The summed E-state index contributed by atoms with van der Waals surface area (Å²) in [5.74, 6) is 1.54. The molecule has 2 aromatic rings. The molecule has 0 saturated carbocycles. The van der Waals surface area contributed by atoms with Crippen molar-refractivity contribution in [3.8, 4) is 11.5 Å². The fraction of sp³-hybridized carbons (Fsp3) is 0.435. The fourth-order valence-electron chi connectivity index (χ4n) is 2.85. The maximum Gasteiger partial charge on any atom is 0.251 e. The topological polar surface area (TPSA) is 47.6 Å². The van der Waals surface area contributed by atoms with Gasteiger partial charge >= 0.3 is 0 Å². The zero-order chi connectivity index (χ0) is 20.0. The molecule has 0 unspecified atom stereocenters. The molecule has 146 valence electrons. The highest BCUT2D eigenvalue weighted by atomic mass is 16.5. The van der Waals surface area contributed by atoms with E-state index in [0.29, 0.717) is 18.8 Å². The van der Waals surface area contributed by atoms with Crippen molar-refractivity contribution in [1.29, 1.82) is 0 Å². The van der Waals surface area contributed by atoms with E-state index >= 15 is 0 Å². The Morgan fingerprint density at radius 1 is 1.04 bits per heavy atom. The summed E-state index contributed by atoms with van der Waals surface area (Å²) in [5, 5.41) is 3.00. The lowest BCUT2D eigenvalue weighted by Gasteiger charge is -2.16. The normalized spacial score (nSPS) is 11.8. The monoisotopic (exact) mass is 369 g/mol. The minimum absolute atomic E-state index is 0.0729. The molecule has 0 fully saturated rings. The second-order valence-electron chi connectivity index (χ2n) is 7.03. The Labute approximate surface area is 162 Å². The molecular weight excluding hydrogens is 338 g/mol. The summed E-state index contributed by atoms with van der Waals surface area (Å²) < 4.78 is 11.8. The Morgan fingerprint density at radius 3 is 2.44 bits per heavy atom. The smallest absolute Gasteiger partial charge is 0.251 e. The standard InChI is InChI=1S/C23H31NO3/c1-7-17(5)24-23(25)19-9-10-21(26-8-2)20(13-19)14-27-22-12-15(3)11-16(4)18(22)6/h9-13,17H,7-8,14H2,1-6H3,(H,24,25)/t17-/m1/s1. The van der Waals surface area contributed by atoms with Crippen molar-refractivity contribution in [2.45, 2.75) is 60.6 Å². The van der Waals surface area contributed by atoms with E-state index in [4.69, 9.17) is 9.47 Å². The molecule has 0 bridgehead atoms. The first-order chi connectivity index (χ1) is 12.8. The number of amides is 1. The Morgan fingerprint density at radius 2 is 1.78 bits per heavy atom. The van der Waals surface area contributed by atoms with E-state index in [0.717, 1.165) is 29.0 Å². The number of ether oxygens (including phenoxy) is 2. The van der Waals surface area contributed by atoms with Gasteiger partial charge in [0.25, 0.3) is 5.91 Å². The molecule has 0 aliphatic rings. The molecule has 0 aromatic heterocycles. The number of rotatable bonds is 8. The van der Waals surface area contributed by atoms with Gasteiger partial charge in [-0.15, -0.1) is 0 Å². The molecule has 1 amide bonds. The summed E-state index contributed by atoms with van der Waals surface area (Å²) in [6, 6.07) is 9.84. The van der Waals surface area contributed by atoms with E-state index in [1.54, 1.807) is 6.07 Å². The average Bonchev–Trinajstić information content (AvgIpc) is 2.64. The van der Waals surface area contributed by atoms with Crippen LogP contribution >= 0.6 is 0 Å². The van der Waals surface area contributed by atoms with Crippen molar-refractivity contribution in [3.05, 3.63) is 58.1 Å². The third kappa shape index (κ3) is 5.49. The van der Waals surface area contributed by atoms with Gasteiger partial charge in [-0.25, -0.2) is 0 Å². The first-order valence-corrected chi connectivity index (χ1v) is 9.62. The molecule has 0 spiro atoms. The number of hydrogen-bond acceptors (Lipinski definition) is 3. The zero-order valence-corrected chi connectivity index (χ0v) is 17.3. The van der Waals surface area contributed by atoms with Crippen LogP contribution in [0.15, 0.2) is 30.3 Å². The van der Waals surface area contributed by atoms with Crippen LogP contribution in [0.1, 0.15) is 59.8 Å². The molecule has 0 heterocycles. The van der Waals surface area contributed by atoms with Crippen LogP contribution in [0.5, 0.6) is 11.5 Å². The number of nitrogens with one attached hydrogen (secondary N) is 1. The SMILES string of the molecule is CCOc1ccc(C(=O)N[C@H](C)CC)cc1COc1cc(C)cc(C)c1C. The molecule has 0 aliphatic heterocycles. The van der Waals surface area contributed by atoms with Crippen molar-refractivity contribution in [2.75, 3.05) is 6.61 Å². The van der Waals surface area contributed by atoms with Crippen LogP contribution in [-0.4, -0.2) is 18.6 Å². The quantitative estimate of drug-likeness (QED) is 0.703. The predicted molar refractivity (Wildman–Crippen MR) is 110 cm³/mol. The predicted octanol–water partition coefficient (Wildman–Crippen LogP) is 5.12. The number of benzene rings is 2. The van der Waals surface area contributed by atoms with E-state index < -0.39 is 0 Å². The van der Waals surface area contributed by atoms with Crippen molar-refractivity contribution in [1.82, 2.24) is 5.32 Å². The molecule has 4 heteroatoms. The van der Waals surface area contributed by atoms with E-state index in [9.17, 15) is 4.79 Å². The lowest BCUT2D eigenvalue weighted by molar-refractivity contribution is 0.0939. The molecule has 0 aliphatic carbocycles. The van der Waals surface area contributed by atoms with Gasteiger partial charge in [-0.05, 0) is 82.0 Å². The van der Waals surface area contributed by atoms with E-state index in [1.807, 2.05) is 32.0 Å². The molecule has 27 heavy (non-hydrogen) atoms. The third-order valence-electron chi connectivity index (χ3n) is 4.76. The van der Waals surface area contributed by atoms with Gasteiger partial charge in [0.2, 0.25) is 0 Å². The van der Waals surface area contributed by atoms with Crippen molar-refractivity contribution < 1.29 is 14.3 Å². The Hall–Kier alpha value is -2.49. The van der Waals surface area contributed by atoms with Crippen LogP contribution in [-0.2, 0) is 6.61 Å². The number of hydrogen-bond donors (Lipinski definition) is 1. The van der Waals surface area contributed by atoms with Crippen LogP contribution < -0.4 is 14.8 Å². The van der Waals surface area contributed by atoms with Gasteiger partial charge in [-0.3, -0.25) is 4.79 Å². The third-order valence-corrected chi connectivity index (χ3v) is 4.76. The molecule has 2 rings (SSSR count). The second kappa shape index (κ2) is 9.45. The molecule has 4 nitrogen and oxygen atoms in total. The summed E-state index contributed by atoms with van der Waals surface area (Å²) >= 11 is 0. The van der Waals surface area contributed by atoms with Crippen LogP contribution in [0, 0.1) is 20.8 Å². The Bertz CT molecular complexity index is 798. The molecule has 1 N–H and O–H groups in total. The second-order valence-corrected chi connectivity index (χ2v) is 7.03. The Kier molecular flexibility index (Phi) is 7.28. The average molecular weight is 370 g/mol. The summed E-state index contributed by atoms with van der Waals surface area (Å²) in [4.78, 5) is 12.5. The summed E-state index contributed by atoms with van der Waals surface area (Å²) in [5.41, 5.74) is 4.99. The molecule has 2 aromatic carbocycles. The van der Waals surface area contributed by atoms with Crippen molar-refractivity contribution in [3.63, 3.8) is 0 Å². The van der Waals surface area contributed by atoms with Crippen LogP contribution in [0.2, 0.25) is 0 Å². The molecular formula is C23H31NO3. The minimum atomic E-state index is -0.0729. The van der Waals surface area contributed by atoms with Crippen molar-refractivity contribution in [2.24, 2.45) is 0 Å². The van der Waals surface area contributed by atoms with Gasteiger partial charge in [-0.2, -0.15) is 0 Å². The fourth-order valence-corrected chi connectivity index (χ4v) is 2.85. The van der Waals surface area contributed by atoms with Crippen LogP contribution in [0.25, 0.3) is 0 Å². The largest absolute Gasteiger partial charge is 0.493 e. The van der Waals surface area contributed by atoms with Gasteiger partial charge in [0.1, 0.15) is 18.1 Å². The van der Waals surface area contributed by atoms with Gasteiger partial charge < -0.3 is 14.8 Å². The summed E-state index contributed by atoms with van der Waals surface area (Å²) in [7, 11) is 0. The first-order valence-electron chi connectivity index (χ1n) is 9.62. The maximum atomic E-state index is 12.5. The highest BCUT2D eigenvalue weighted by molar-refractivity contribution is 5.94. The summed E-state index contributed by atoms with van der Waals surface area (Å²) in [6.45, 7) is 13.1. The van der Waals surface area contributed by atoms with E-state index in [2.05, 4.69) is 39.1 Å². The number of carbonyl (C=O) groups excluding carboxylic acids is 1. The highest BCUT2D eigenvalue weighted by Gasteiger charge is 2.13. The van der Waals surface area contributed by atoms with Crippen LogP contribution in [0.3, 0.4) is 0 Å². The Balaban J connectivity index is 2.25. The zero-order valence-electron chi connectivity index (χ0n) is 17.3. The van der Waals surface area contributed by atoms with Crippen molar-refractivity contribution >= 4 is 5.91 Å². The molecule has 1 atom stereocenters. The molecule has 0 saturated heterocycles. The lowest BCUT2D eigenvalue weighted by atomic mass is 10.1. The van der Waals surface area contributed by atoms with E-state index in [-0.39, 0.29) is 11.9 Å². The van der Waals surface area contributed by atoms with Gasteiger partial charge in [0.15, 0.2) is 0 Å². The maximum absolute atomic E-state index is 12.5. The first kappa shape index (κ1) is 20.8. The van der Waals surface area contributed by atoms with E-state index in [1.165, 1.54) is 11.1 Å².